The molecule has 8 nitrogen and oxygen atoms in total. The van der Waals surface area contributed by atoms with Crippen LogP contribution in [0.3, 0.4) is 0 Å². The summed E-state index contributed by atoms with van der Waals surface area (Å²) in [5.41, 5.74) is 3.11. The molecule has 0 aliphatic heterocycles. The zero-order valence-electron chi connectivity index (χ0n) is 21.3. The molecule has 0 unspecified atom stereocenters. The number of anilines is 1. The lowest BCUT2D eigenvalue weighted by molar-refractivity contribution is 0.172. The highest BCUT2D eigenvalue weighted by atomic mass is 35.5. The third kappa shape index (κ3) is 7.11. The first kappa shape index (κ1) is 28.0. The van der Waals surface area contributed by atoms with Crippen molar-refractivity contribution in [3.05, 3.63) is 66.2 Å². The van der Waals surface area contributed by atoms with E-state index in [-0.39, 0.29) is 12.4 Å². The maximum Gasteiger partial charge on any atom is 0.229 e. The number of rotatable bonds is 11. The summed E-state index contributed by atoms with van der Waals surface area (Å²) < 4.78 is 37.3. The highest BCUT2D eigenvalue weighted by molar-refractivity contribution is 7.92. The van der Waals surface area contributed by atoms with Crippen LogP contribution < -0.4 is 19.5 Å². The molecule has 0 amide bonds. The summed E-state index contributed by atoms with van der Waals surface area (Å²) >= 11 is 0. The highest BCUT2D eigenvalue weighted by Crippen LogP contribution is 2.32. The van der Waals surface area contributed by atoms with Gasteiger partial charge in [0.15, 0.2) is 0 Å². The summed E-state index contributed by atoms with van der Waals surface area (Å²) in [6.07, 6.45) is 5.42. The Morgan fingerprint density at radius 3 is 2.39 bits per heavy atom. The number of nitrogens with one attached hydrogen (secondary N) is 3. The Bertz CT molecular complexity index is 1480. The number of sulfonamides is 1. The van der Waals surface area contributed by atoms with E-state index >= 15 is 0 Å². The lowest BCUT2D eigenvalue weighted by atomic mass is 10.1. The molecule has 1 saturated carbocycles. The summed E-state index contributed by atoms with van der Waals surface area (Å²) in [4.78, 5) is 3.49. The molecule has 1 aliphatic rings. The van der Waals surface area contributed by atoms with Gasteiger partial charge in [0.05, 0.1) is 29.5 Å². The number of aromatic amines is 1. The Kier molecular flexibility index (Phi) is 9.04. The predicted octanol–water partition coefficient (Wildman–Crippen LogP) is 5.14. The molecule has 4 N–H and O–H groups in total. The quantitative estimate of drug-likeness (QED) is 0.189. The number of aliphatic hydroxyl groups excluding tert-OH is 1. The number of aromatic nitrogens is 1. The fourth-order valence-corrected chi connectivity index (χ4v) is 5.41. The Hall–Kier alpha value is -2.98. The van der Waals surface area contributed by atoms with Crippen molar-refractivity contribution in [2.24, 2.45) is 0 Å². The second-order valence-corrected chi connectivity index (χ2v) is 11.4. The van der Waals surface area contributed by atoms with E-state index in [1.165, 1.54) is 12.8 Å². The number of aliphatic hydroxyl groups is 1. The molecular formula is C28H34ClN3O5S. The lowest BCUT2D eigenvalue weighted by Gasteiger charge is -2.14. The van der Waals surface area contributed by atoms with Gasteiger partial charge in [-0.2, -0.15) is 0 Å². The largest absolute Gasteiger partial charge is 0.492 e. The number of hydrogen-bond acceptors (Lipinski definition) is 6. The molecule has 1 heterocycles. The normalized spacial score (nSPS) is 14.9. The molecule has 0 spiro atoms. The van der Waals surface area contributed by atoms with Gasteiger partial charge in [-0.3, -0.25) is 4.72 Å². The summed E-state index contributed by atoms with van der Waals surface area (Å²) in [5, 5.41) is 15.9. The van der Waals surface area contributed by atoms with Crippen LogP contribution in [0.25, 0.3) is 21.8 Å². The van der Waals surface area contributed by atoms with E-state index < -0.39 is 16.1 Å². The van der Waals surface area contributed by atoms with Crippen LogP contribution in [0, 0.1) is 0 Å². The maximum atomic E-state index is 11.4. The minimum atomic E-state index is -3.37. The Morgan fingerprint density at radius 1 is 1.00 bits per heavy atom. The van der Waals surface area contributed by atoms with Crippen LogP contribution in [0.15, 0.2) is 60.7 Å². The first-order chi connectivity index (χ1) is 17.8. The van der Waals surface area contributed by atoms with Gasteiger partial charge in [0, 0.05) is 41.7 Å². The zero-order valence-corrected chi connectivity index (χ0v) is 22.9. The predicted molar refractivity (Wildman–Crippen MR) is 154 cm³/mol. The maximum absolute atomic E-state index is 11.4. The minimum absolute atomic E-state index is 0. The molecule has 1 atom stereocenters. The first-order valence-corrected chi connectivity index (χ1v) is 14.5. The monoisotopic (exact) mass is 559 g/mol. The molecule has 4 aromatic rings. The molecular weight excluding hydrogens is 526 g/mol. The standard InChI is InChI=1S/C28H33N3O5S.ClH/c1-37(33,34)31-20-6-4-5-19(15-20)28(32)18-29-13-14-35-22-9-11-24-25-12-10-23(36-21-7-2-3-8-21)17-27(25)30-26(24)16-22;/h4-6,9-12,15-17,21,28-32H,2-3,7-8,13-14,18H2,1H3;1H/t28-;/m0./s1. The third-order valence-electron chi connectivity index (χ3n) is 6.61. The molecule has 204 valence electrons. The van der Waals surface area contributed by atoms with Crippen molar-refractivity contribution in [2.45, 2.75) is 37.9 Å². The van der Waals surface area contributed by atoms with Gasteiger partial charge in [0.1, 0.15) is 18.1 Å². The van der Waals surface area contributed by atoms with E-state index in [9.17, 15) is 13.5 Å². The number of H-pyrrole nitrogens is 1. The molecule has 3 aromatic carbocycles. The van der Waals surface area contributed by atoms with Gasteiger partial charge in [0.2, 0.25) is 10.0 Å². The van der Waals surface area contributed by atoms with Crippen molar-refractivity contribution in [2.75, 3.05) is 30.7 Å². The first-order valence-electron chi connectivity index (χ1n) is 12.7. The highest BCUT2D eigenvalue weighted by Gasteiger charge is 2.17. The smallest absolute Gasteiger partial charge is 0.229 e. The molecule has 0 radical (unpaired) electrons. The van der Waals surface area contributed by atoms with E-state index in [0.29, 0.717) is 37.1 Å². The Balaban J connectivity index is 0.00000336. The van der Waals surface area contributed by atoms with Crippen LogP contribution >= 0.6 is 12.4 Å². The van der Waals surface area contributed by atoms with Crippen molar-refractivity contribution in [1.82, 2.24) is 10.3 Å². The van der Waals surface area contributed by atoms with Gasteiger partial charge < -0.3 is 24.9 Å². The van der Waals surface area contributed by atoms with Crippen LogP contribution in [0.1, 0.15) is 37.4 Å². The van der Waals surface area contributed by atoms with Crippen molar-refractivity contribution < 1.29 is 23.0 Å². The fourth-order valence-electron chi connectivity index (χ4n) is 4.85. The number of fused-ring (bicyclic) bond motifs is 3. The molecule has 5 rings (SSSR count). The molecule has 1 aliphatic carbocycles. The van der Waals surface area contributed by atoms with Crippen molar-refractivity contribution in [3.8, 4) is 11.5 Å². The van der Waals surface area contributed by atoms with Crippen LogP contribution in [0.4, 0.5) is 5.69 Å². The molecule has 0 saturated heterocycles. The van der Waals surface area contributed by atoms with E-state index in [0.717, 1.165) is 52.4 Å². The molecule has 38 heavy (non-hydrogen) atoms. The van der Waals surface area contributed by atoms with Gasteiger partial charge in [-0.25, -0.2) is 8.42 Å². The minimum Gasteiger partial charge on any atom is -0.492 e. The van der Waals surface area contributed by atoms with Crippen molar-refractivity contribution in [1.29, 1.82) is 0 Å². The Morgan fingerprint density at radius 2 is 1.68 bits per heavy atom. The SMILES string of the molecule is CS(=O)(=O)Nc1cccc([C@@H](O)CNCCOc2ccc3c(c2)[nH]c2cc(OC4CCCC4)ccc23)c1.Cl. The van der Waals surface area contributed by atoms with E-state index in [1.807, 2.05) is 12.1 Å². The number of ether oxygens (including phenoxy) is 2. The van der Waals surface area contributed by atoms with Gasteiger partial charge in [-0.15, -0.1) is 12.4 Å². The van der Waals surface area contributed by atoms with Crippen LogP contribution in [0.2, 0.25) is 0 Å². The molecule has 1 aromatic heterocycles. The molecule has 0 bridgehead atoms. The molecule has 1 fully saturated rings. The summed E-state index contributed by atoms with van der Waals surface area (Å²) in [6, 6.07) is 19.0. The topological polar surface area (TPSA) is 113 Å². The summed E-state index contributed by atoms with van der Waals surface area (Å²) in [7, 11) is -3.37. The van der Waals surface area contributed by atoms with Crippen LogP contribution in [-0.2, 0) is 10.0 Å². The number of benzene rings is 3. The van der Waals surface area contributed by atoms with E-state index in [1.54, 1.807) is 24.3 Å². The van der Waals surface area contributed by atoms with Crippen LogP contribution in [-0.4, -0.2) is 50.6 Å². The fraction of sp³-hybridized carbons (Fsp3) is 0.357. The van der Waals surface area contributed by atoms with Crippen molar-refractivity contribution >= 4 is 49.9 Å². The average Bonchev–Trinajstić information content (AvgIpc) is 3.49. The second-order valence-electron chi connectivity index (χ2n) is 9.63. The second kappa shape index (κ2) is 12.3. The number of hydrogen-bond donors (Lipinski definition) is 4. The zero-order chi connectivity index (χ0) is 25.8. The summed E-state index contributed by atoms with van der Waals surface area (Å²) in [5.74, 6) is 1.68. The average molecular weight is 560 g/mol. The lowest BCUT2D eigenvalue weighted by Crippen LogP contribution is -2.26. The van der Waals surface area contributed by atoms with Crippen LogP contribution in [0.5, 0.6) is 11.5 Å². The van der Waals surface area contributed by atoms with E-state index in [4.69, 9.17) is 9.47 Å². The van der Waals surface area contributed by atoms with Gasteiger partial charge in [0.25, 0.3) is 0 Å². The molecule has 10 heteroatoms. The number of halogens is 1. The third-order valence-corrected chi connectivity index (χ3v) is 7.21. The van der Waals surface area contributed by atoms with Gasteiger partial charge in [-0.05, 0) is 67.6 Å². The van der Waals surface area contributed by atoms with Gasteiger partial charge in [-0.1, -0.05) is 12.1 Å². The summed E-state index contributed by atoms with van der Waals surface area (Å²) in [6.45, 7) is 1.30. The van der Waals surface area contributed by atoms with Gasteiger partial charge >= 0.3 is 0 Å². The van der Waals surface area contributed by atoms with Crippen molar-refractivity contribution in [3.63, 3.8) is 0 Å². The Labute approximate surface area is 229 Å². The van der Waals surface area contributed by atoms with E-state index in [2.05, 4.69) is 39.3 Å².